The van der Waals surface area contributed by atoms with E-state index in [0.29, 0.717) is 17.2 Å². The molecule has 0 unspecified atom stereocenters. The topological polar surface area (TPSA) is 49.4 Å². The van der Waals surface area contributed by atoms with E-state index in [4.69, 9.17) is 11.6 Å². The maximum atomic E-state index is 13.6. The summed E-state index contributed by atoms with van der Waals surface area (Å²) >= 11 is 7.46. The van der Waals surface area contributed by atoms with Crippen LogP contribution in [0.1, 0.15) is 37.0 Å². The Morgan fingerprint density at radius 1 is 0.944 bits per heavy atom. The van der Waals surface area contributed by atoms with E-state index in [0.717, 1.165) is 23.1 Å². The third-order valence-electron chi connectivity index (χ3n) is 5.95. The number of rotatable bonds is 12. The molecular weight excluding hydrogens is 495 g/mol. The van der Waals surface area contributed by atoms with Gasteiger partial charge in [0.05, 0.1) is 5.75 Å². The second kappa shape index (κ2) is 14.0. The zero-order valence-electron chi connectivity index (χ0n) is 20.6. The molecule has 0 saturated heterocycles. The highest BCUT2D eigenvalue weighted by Crippen LogP contribution is 2.20. The highest BCUT2D eigenvalue weighted by molar-refractivity contribution is 7.99. The Kier molecular flexibility index (Phi) is 10.8. The number of amides is 2. The number of carbonyl (C=O) groups is 2. The van der Waals surface area contributed by atoms with Crippen molar-refractivity contribution in [1.29, 1.82) is 0 Å². The second-order valence-corrected chi connectivity index (χ2v) is 10.2. The molecule has 0 fully saturated rings. The Bertz CT molecular complexity index is 1110. The van der Waals surface area contributed by atoms with Gasteiger partial charge in [0.25, 0.3) is 0 Å². The van der Waals surface area contributed by atoms with Crippen molar-refractivity contribution in [3.8, 4) is 0 Å². The van der Waals surface area contributed by atoms with Gasteiger partial charge < -0.3 is 10.2 Å². The summed E-state index contributed by atoms with van der Waals surface area (Å²) in [5.74, 6) is 0.192. The average molecular weight is 527 g/mol. The predicted molar refractivity (Wildman–Crippen MR) is 146 cm³/mol. The quantitative estimate of drug-likeness (QED) is 0.303. The van der Waals surface area contributed by atoms with E-state index in [1.807, 2.05) is 68.4 Å². The maximum absolute atomic E-state index is 13.6. The molecule has 0 spiro atoms. The molecule has 0 heterocycles. The van der Waals surface area contributed by atoms with E-state index in [1.165, 1.54) is 23.9 Å². The molecule has 2 atom stereocenters. The van der Waals surface area contributed by atoms with Crippen molar-refractivity contribution in [3.63, 3.8) is 0 Å². The lowest BCUT2D eigenvalue weighted by molar-refractivity contribution is -0.139. The van der Waals surface area contributed by atoms with Crippen molar-refractivity contribution in [2.45, 2.75) is 51.1 Å². The number of hydrogen-bond acceptors (Lipinski definition) is 3. The Balaban J connectivity index is 1.84. The summed E-state index contributed by atoms with van der Waals surface area (Å²) in [6.45, 7) is 4.17. The van der Waals surface area contributed by atoms with Gasteiger partial charge in [0.2, 0.25) is 11.8 Å². The van der Waals surface area contributed by atoms with Crippen LogP contribution < -0.4 is 5.32 Å². The second-order valence-electron chi connectivity index (χ2n) is 8.79. The molecule has 7 heteroatoms. The summed E-state index contributed by atoms with van der Waals surface area (Å²) in [6.07, 6.45) is 1.17. The minimum absolute atomic E-state index is 0.0159. The maximum Gasteiger partial charge on any atom is 0.243 e. The summed E-state index contributed by atoms with van der Waals surface area (Å²) in [6, 6.07) is 22.6. The van der Waals surface area contributed by atoms with Crippen LogP contribution in [-0.4, -0.2) is 34.6 Å². The summed E-state index contributed by atoms with van der Waals surface area (Å²) in [5, 5.41) is 3.72. The highest BCUT2D eigenvalue weighted by atomic mass is 35.5. The molecule has 0 bridgehead atoms. The van der Waals surface area contributed by atoms with Gasteiger partial charge in [0.1, 0.15) is 11.9 Å². The number of nitrogens with one attached hydrogen (secondary N) is 1. The Hall–Kier alpha value is -2.83. The number of halogens is 2. The van der Waals surface area contributed by atoms with Crippen LogP contribution in [-0.2, 0) is 28.3 Å². The minimum atomic E-state index is -0.699. The first kappa shape index (κ1) is 27.8. The normalized spacial score (nSPS) is 12.6. The van der Waals surface area contributed by atoms with Gasteiger partial charge in [-0.2, -0.15) is 0 Å². The van der Waals surface area contributed by atoms with Crippen LogP contribution in [0.2, 0.25) is 5.02 Å². The molecule has 0 saturated carbocycles. The molecule has 0 aliphatic carbocycles. The van der Waals surface area contributed by atoms with Gasteiger partial charge in [-0.15, -0.1) is 11.8 Å². The van der Waals surface area contributed by atoms with Crippen LogP contribution in [0.15, 0.2) is 78.9 Å². The van der Waals surface area contributed by atoms with Crippen molar-refractivity contribution < 1.29 is 14.0 Å². The van der Waals surface area contributed by atoms with Crippen LogP contribution in [0.5, 0.6) is 0 Å². The molecule has 3 rings (SSSR count). The molecule has 0 aliphatic rings. The standard InChI is InChI=1S/C29H32ClFN2O2S/c1-3-21(2)32-29(35)27(17-22-7-5-4-6-8-22)33(18-23-11-15-26(31)16-12-23)28(34)20-36-19-24-9-13-25(30)14-10-24/h4-16,21,27H,3,17-20H2,1-2H3,(H,32,35)/t21-,27-/m0/s1. The minimum Gasteiger partial charge on any atom is -0.352 e. The van der Waals surface area contributed by atoms with Crippen molar-refractivity contribution in [3.05, 3.63) is 106 Å². The average Bonchev–Trinajstić information content (AvgIpc) is 2.88. The molecule has 2 amide bonds. The van der Waals surface area contributed by atoms with Gasteiger partial charge in [0, 0.05) is 29.8 Å². The summed E-state index contributed by atoms with van der Waals surface area (Å²) in [4.78, 5) is 28.7. The first-order valence-corrected chi connectivity index (χ1v) is 13.6. The highest BCUT2D eigenvalue weighted by Gasteiger charge is 2.30. The molecule has 1 N–H and O–H groups in total. The smallest absolute Gasteiger partial charge is 0.243 e. The summed E-state index contributed by atoms with van der Waals surface area (Å²) in [7, 11) is 0. The van der Waals surface area contributed by atoms with Crippen molar-refractivity contribution in [2.24, 2.45) is 0 Å². The Morgan fingerprint density at radius 3 is 2.22 bits per heavy atom. The monoisotopic (exact) mass is 526 g/mol. The predicted octanol–water partition coefficient (Wildman–Crippen LogP) is 6.27. The summed E-state index contributed by atoms with van der Waals surface area (Å²) in [5.41, 5.74) is 2.80. The molecule has 0 aromatic heterocycles. The molecule has 3 aromatic rings. The third-order valence-corrected chi connectivity index (χ3v) is 7.19. The lowest BCUT2D eigenvalue weighted by atomic mass is 10.0. The molecule has 3 aromatic carbocycles. The van der Waals surface area contributed by atoms with E-state index < -0.39 is 6.04 Å². The molecule has 4 nitrogen and oxygen atoms in total. The van der Waals surface area contributed by atoms with Gasteiger partial charge in [-0.1, -0.05) is 73.1 Å². The summed E-state index contributed by atoms with van der Waals surface area (Å²) < 4.78 is 13.5. The van der Waals surface area contributed by atoms with Crippen molar-refractivity contribution in [1.82, 2.24) is 10.2 Å². The van der Waals surface area contributed by atoms with Gasteiger partial charge >= 0.3 is 0 Å². The van der Waals surface area contributed by atoms with Crippen LogP contribution in [0, 0.1) is 5.82 Å². The fourth-order valence-corrected chi connectivity index (χ4v) is 4.70. The van der Waals surface area contributed by atoms with Gasteiger partial charge in [-0.3, -0.25) is 9.59 Å². The van der Waals surface area contributed by atoms with Gasteiger partial charge in [-0.05, 0) is 54.3 Å². The van der Waals surface area contributed by atoms with Crippen LogP contribution in [0.3, 0.4) is 0 Å². The van der Waals surface area contributed by atoms with Crippen LogP contribution >= 0.6 is 23.4 Å². The van der Waals surface area contributed by atoms with Crippen molar-refractivity contribution >= 4 is 35.2 Å². The Labute approximate surface area is 222 Å². The number of benzene rings is 3. The van der Waals surface area contributed by atoms with Crippen LogP contribution in [0.4, 0.5) is 4.39 Å². The van der Waals surface area contributed by atoms with Gasteiger partial charge in [-0.25, -0.2) is 4.39 Å². The van der Waals surface area contributed by atoms with E-state index in [9.17, 15) is 14.0 Å². The molecule has 0 radical (unpaired) electrons. The molecule has 0 aliphatic heterocycles. The Morgan fingerprint density at radius 2 is 1.58 bits per heavy atom. The zero-order chi connectivity index (χ0) is 25.9. The van der Waals surface area contributed by atoms with Crippen LogP contribution in [0.25, 0.3) is 0 Å². The lowest BCUT2D eigenvalue weighted by Gasteiger charge is -2.32. The van der Waals surface area contributed by atoms with E-state index in [2.05, 4.69) is 5.32 Å². The number of carbonyl (C=O) groups excluding carboxylic acids is 2. The lowest BCUT2D eigenvalue weighted by Crippen LogP contribution is -2.52. The van der Waals surface area contributed by atoms with Gasteiger partial charge in [0.15, 0.2) is 0 Å². The fourth-order valence-electron chi connectivity index (χ4n) is 3.70. The van der Waals surface area contributed by atoms with E-state index >= 15 is 0 Å². The molecule has 190 valence electrons. The van der Waals surface area contributed by atoms with E-state index in [1.54, 1.807) is 17.0 Å². The van der Waals surface area contributed by atoms with E-state index in [-0.39, 0.29) is 36.0 Å². The van der Waals surface area contributed by atoms with Crippen molar-refractivity contribution in [2.75, 3.05) is 5.75 Å². The molecular formula is C29H32ClFN2O2S. The molecule has 36 heavy (non-hydrogen) atoms. The third kappa shape index (κ3) is 8.68. The number of nitrogens with zero attached hydrogens (tertiary/aromatic N) is 1. The largest absolute Gasteiger partial charge is 0.352 e. The SMILES string of the molecule is CC[C@H](C)NC(=O)[C@H](Cc1ccccc1)N(Cc1ccc(F)cc1)C(=O)CSCc1ccc(Cl)cc1. The number of thioether (sulfide) groups is 1. The first-order valence-electron chi connectivity index (χ1n) is 12.1. The first-order chi connectivity index (χ1) is 17.4. The fraction of sp³-hybridized carbons (Fsp3) is 0.310. The number of hydrogen-bond donors (Lipinski definition) is 1. The zero-order valence-corrected chi connectivity index (χ0v) is 22.2.